The molecule has 0 aliphatic carbocycles. The summed E-state index contributed by atoms with van der Waals surface area (Å²) >= 11 is 2.68. The van der Waals surface area contributed by atoms with Crippen LogP contribution in [0.2, 0.25) is 0 Å². The first-order chi connectivity index (χ1) is 14.5. The zero-order chi connectivity index (χ0) is 20.7. The lowest BCUT2D eigenvalue weighted by Crippen LogP contribution is -2.12. The van der Waals surface area contributed by atoms with Crippen LogP contribution in [0, 0.1) is 0 Å². The molecule has 0 saturated heterocycles. The van der Waals surface area contributed by atoms with E-state index in [1.807, 2.05) is 12.1 Å². The Bertz CT molecular complexity index is 1390. The van der Waals surface area contributed by atoms with E-state index in [-0.39, 0.29) is 10.8 Å². The first kappa shape index (κ1) is 18.7. The average molecular weight is 456 g/mol. The Morgan fingerprint density at radius 3 is 2.63 bits per heavy atom. The van der Waals surface area contributed by atoms with Gasteiger partial charge in [0.05, 0.1) is 31.9 Å². The summed E-state index contributed by atoms with van der Waals surface area (Å²) in [4.78, 5) is 20.8. The first-order valence-electron chi connectivity index (χ1n) is 8.68. The van der Waals surface area contributed by atoms with Crippen LogP contribution in [0.1, 0.15) is 5.56 Å². The van der Waals surface area contributed by atoms with Crippen molar-refractivity contribution in [3.63, 3.8) is 0 Å². The van der Waals surface area contributed by atoms with Crippen LogP contribution in [0.3, 0.4) is 0 Å². The molecule has 8 nitrogen and oxygen atoms in total. The molecule has 0 unspecified atom stereocenters. The second-order valence-corrected chi connectivity index (χ2v) is 9.74. The van der Waals surface area contributed by atoms with Crippen molar-refractivity contribution in [2.45, 2.75) is 4.90 Å². The van der Waals surface area contributed by atoms with Crippen LogP contribution in [0.15, 0.2) is 64.6 Å². The van der Waals surface area contributed by atoms with Gasteiger partial charge in [-0.1, -0.05) is 0 Å². The molecule has 0 bridgehead atoms. The molecule has 0 spiro atoms. The number of fused-ring (bicyclic) bond motifs is 3. The van der Waals surface area contributed by atoms with Gasteiger partial charge in [0, 0.05) is 29.0 Å². The van der Waals surface area contributed by atoms with Crippen LogP contribution >= 0.6 is 22.7 Å². The van der Waals surface area contributed by atoms with Crippen molar-refractivity contribution >= 4 is 70.9 Å². The van der Waals surface area contributed by atoms with Crippen molar-refractivity contribution < 1.29 is 13.2 Å². The molecule has 1 aliphatic rings. The van der Waals surface area contributed by atoms with Crippen LogP contribution < -0.4 is 15.4 Å². The molecular formula is C19H13N5O3S3. The average Bonchev–Trinajstić information content (AvgIpc) is 3.46. The number of carbonyl (C=O) groups excluding carboxylic acids is 1. The van der Waals surface area contributed by atoms with Crippen molar-refractivity contribution in [1.82, 2.24) is 9.97 Å². The number of hydrogen-bond donors (Lipinski definition) is 3. The van der Waals surface area contributed by atoms with Crippen molar-refractivity contribution in [3.8, 4) is 0 Å². The van der Waals surface area contributed by atoms with Gasteiger partial charge in [-0.3, -0.25) is 9.52 Å². The summed E-state index contributed by atoms with van der Waals surface area (Å²) in [5.74, 6) is -0.203. The molecule has 0 radical (unpaired) electrons. The number of rotatable bonds is 5. The third-order valence-corrected chi connectivity index (χ3v) is 7.50. The SMILES string of the molecule is O=C1Nc2ccc3ncsc3c2/C1=C/Nc1ccc(S(=O)(=O)Nc2nccs2)cc1. The highest BCUT2D eigenvalue weighted by Crippen LogP contribution is 2.39. The van der Waals surface area contributed by atoms with Crippen LogP contribution in [-0.2, 0) is 14.8 Å². The Kier molecular flexibility index (Phi) is 4.50. The van der Waals surface area contributed by atoms with Gasteiger partial charge >= 0.3 is 0 Å². The maximum Gasteiger partial charge on any atom is 0.263 e. The lowest BCUT2D eigenvalue weighted by atomic mass is 10.1. The van der Waals surface area contributed by atoms with Gasteiger partial charge in [0.1, 0.15) is 0 Å². The summed E-state index contributed by atoms with van der Waals surface area (Å²) < 4.78 is 28.2. The van der Waals surface area contributed by atoms with Gasteiger partial charge in [-0.05, 0) is 36.4 Å². The summed E-state index contributed by atoms with van der Waals surface area (Å²) in [5.41, 5.74) is 5.30. The molecule has 30 heavy (non-hydrogen) atoms. The minimum atomic E-state index is -3.71. The number of benzene rings is 2. The minimum absolute atomic E-state index is 0.117. The monoisotopic (exact) mass is 455 g/mol. The highest BCUT2D eigenvalue weighted by Gasteiger charge is 2.27. The van der Waals surface area contributed by atoms with E-state index in [1.165, 1.54) is 41.0 Å². The molecule has 3 heterocycles. The van der Waals surface area contributed by atoms with E-state index in [4.69, 9.17) is 0 Å². The van der Waals surface area contributed by atoms with Gasteiger partial charge < -0.3 is 10.6 Å². The van der Waals surface area contributed by atoms with Crippen molar-refractivity contribution in [3.05, 3.63) is 65.2 Å². The van der Waals surface area contributed by atoms with Gasteiger partial charge in [0.2, 0.25) is 0 Å². The number of aromatic nitrogens is 2. The number of anilines is 3. The van der Waals surface area contributed by atoms with Crippen molar-refractivity contribution in [2.75, 3.05) is 15.4 Å². The molecule has 3 N–H and O–H groups in total. The van der Waals surface area contributed by atoms with Crippen LogP contribution in [0.5, 0.6) is 0 Å². The molecule has 11 heteroatoms. The van der Waals surface area contributed by atoms with E-state index in [0.717, 1.165) is 21.5 Å². The van der Waals surface area contributed by atoms with E-state index in [9.17, 15) is 13.2 Å². The predicted octanol–water partition coefficient (Wildman–Crippen LogP) is 3.96. The minimum Gasteiger partial charge on any atom is -0.361 e. The summed E-state index contributed by atoms with van der Waals surface area (Å²) in [7, 11) is -3.71. The van der Waals surface area contributed by atoms with Crippen LogP contribution in [-0.4, -0.2) is 24.3 Å². The predicted molar refractivity (Wildman–Crippen MR) is 119 cm³/mol. The molecule has 0 saturated carbocycles. The molecular weight excluding hydrogens is 442 g/mol. The van der Waals surface area contributed by atoms with E-state index < -0.39 is 10.0 Å². The van der Waals surface area contributed by atoms with Gasteiger partial charge in [-0.2, -0.15) is 0 Å². The Morgan fingerprint density at radius 2 is 1.87 bits per heavy atom. The fraction of sp³-hybridized carbons (Fsp3) is 0. The summed E-state index contributed by atoms with van der Waals surface area (Å²) in [6, 6.07) is 9.95. The molecule has 0 fully saturated rings. The number of nitrogens with one attached hydrogen (secondary N) is 3. The molecule has 2 aromatic heterocycles. The number of nitrogens with zero attached hydrogens (tertiary/aromatic N) is 2. The summed E-state index contributed by atoms with van der Waals surface area (Å²) in [6.45, 7) is 0. The van der Waals surface area contributed by atoms with E-state index in [0.29, 0.717) is 16.4 Å². The van der Waals surface area contributed by atoms with Crippen molar-refractivity contribution in [2.24, 2.45) is 0 Å². The number of sulfonamides is 1. The molecule has 150 valence electrons. The highest BCUT2D eigenvalue weighted by molar-refractivity contribution is 7.93. The first-order valence-corrected chi connectivity index (χ1v) is 11.9. The zero-order valence-electron chi connectivity index (χ0n) is 15.1. The van der Waals surface area contributed by atoms with Gasteiger partial charge in [-0.15, -0.1) is 22.7 Å². The largest absolute Gasteiger partial charge is 0.361 e. The lowest BCUT2D eigenvalue weighted by molar-refractivity contribution is -0.110. The Morgan fingerprint density at radius 1 is 1.03 bits per heavy atom. The molecule has 5 rings (SSSR count). The maximum atomic E-state index is 12.4. The fourth-order valence-electron chi connectivity index (χ4n) is 3.07. The Hall–Kier alpha value is -3.28. The molecule has 1 aliphatic heterocycles. The second kappa shape index (κ2) is 7.20. The van der Waals surface area contributed by atoms with E-state index >= 15 is 0 Å². The number of thiazole rings is 2. The van der Waals surface area contributed by atoms with Crippen LogP contribution in [0.4, 0.5) is 16.5 Å². The van der Waals surface area contributed by atoms with Gasteiger partial charge in [0.15, 0.2) is 5.13 Å². The van der Waals surface area contributed by atoms with Gasteiger partial charge in [-0.25, -0.2) is 18.4 Å². The Balaban J connectivity index is 1.39. The second-order valence-electron chi connectivity index (χ2n) is 6.31. The Labute approximate surface area is 179 Å². The smallest absolute Gasteiger partial charge is 0.263 e. The molecule has 4 aromatic rings. The summed E-state index contributed by atoms with van der Waals surface area (Å²) in [5, 5.41) is 7.93. The fourth-order valence-corrected chi connectivity index (χ4v) is 5.71. The number of hydrogen-bond acceptors (Lipinski definition) is 8. The van der Waals surface area contributed by atoms with E-state index in [2.05, 4.69) is 25.3 Å². The standard InChI is InChI=1S/C19H13N5O3S3/c25-18-13(16-14(23-18)5-6-15-17(16)29-10-22-15)9-21-11-1-3-12(4-2-11)30(26,27)24-19-20-7-8-28-19/h1-10,21H,(H,20,24)(H,23,25)/b13-9-. The maximum absolute atomic E-state index is 12.4. The van der Waals surface area contributed by atoms with Crippen LogP contribution in [0.25, 0.3) is 15.8 Å². The molecule has 2 aromatic carbocycles. The number of amides is 1. The van der Waals surface area contributed by atoms with E-state index in [1.54, 1.807) is 29.2 Å². The number of carbonyl (C=O) groups is 1. The molecule has 1 amide bonds. The quantitative estimate of drug-likeness (QED) is 0.393. The zero-order valence-corrected chi connectivity index (χ0v) is 17.6. The van der Waals surface area contributed by atoms with Gasteiger partial charge in [0.25, 0.3) is 15.9 Å². The third kappa shape index (κ3) is 3.32. The highest BCUT2D eigenvalue weighted by atomic mass is 32.2. The molecule has 0 atom stereocenters. The summed E-state index contributed by atoms with van der Waals surface area (Å²) in [6.07, 6.45) is 3.15. The third-order valence-electron chi connectivity index (χ3n) is 4.46. The lowest BCUT2D eigenvalue weighted by Gasteiger charge is -2.07. The normalized spacial score (nSPS) is 14.7. The van der Waals surface area contributed by atoms with Crippen molar-refractivity contribution in [1.29, 1.82) is 0 Å². The topological polar surface area (TPSA) is 113 Å².